The van der Waals surface area contributed by atoms with E-state index >= 15 is 0 Å². The molecule has 28 heavy (non-hydrogen) atoms. The molecule has 0 saturated carbocycles. The van der Waals surface area contributed by atoms with E-state index in [0.29, 0.717) is 17.7 Å². The van der Waals surface area contributed by atoms with Crippen LogP contribution >= 0.6 is 11.3 Å². The van der Waals surface area contributed by atoms with E-state index in [1.165, 1.54) is 0 Å². The highest BCUT2D eigenvalue weighted by molar-refractivity contribution is 7.12. The largest absolute Gasteiger partial charge is 0.497 e. The number of rotatable bonds is 5. The molecule has 1 aliphatic heterocycles. The van der Waals surface area contributed by atoms with Gasteiger partial charge in [0.1, 0.15) is 11.5 Å². The van der Waals surface area contributed by atoms with Gasteiger partial charge in [0.25, 0.3) is 5.91 Å². The highest BCUT2D eigenvalue weighted by Gasteiger charge is 2.34. The van der Waals surface area contributed by atoms with E-state index in [1.807, 2.05) is 41.8 Å². The van der Waals surface area contributed by atoms with Gasteiger partial charge in [-0.1, -0.05) is 18.2 Å². The minimum Gasteiger partial charge on any atom is -0.497 e. The first-order valence-corrected chi connectivity index (χ1v) is 9.80. The summed E-state index contributed by atoms with van der Waals surface area (Å²) >= 11 is 1.63. The fourth-order valence-corrected chi connectivity index (χ4v) is 3.96. The number of hydrazone groups is 1. The van der Waals surface area contributed by atoms with Gasteiger partial charge in [0, 0.05) is 12.0 Å². The maximum Gasteiger partial charge on any atom is 0.274 e. The first-order chi connectivity index (χ1) is 13.7. The van der Waals surface area contributed by atoms with E-state index in [9.17, 15) is 4.79 Å². The van der Waals surface area contributed by atoms with Crippen LogP contribution in [0.15, 0.2) is 71.1 Å². The van der Waals surface area contributed by atoms with Gasteiger partial charge >= 0.3 is 0 Å². The third kappa shape index (κ3) is 3.51. The number of benzene rings is 2. The van der Waals surface area contributed by atoms with Crippen LogP contribution in [0.1, 0.15) is 33.3 Å². The van der Waals surface area contributed by atoms with Crippen molar-refractivity contribution >= 4 is 23.0 Å². The topological polar surface area (TPSA) is 51.1 Å². The van der Waals surface area contributed by atoms with Crippen molar-refractivity contribution in [1.29, 1.82) is 0 Å². The summed E-state index contributed by atoms with van der Waals surface area (Å²) in [6.07, 6.45) is 0.675. The first kappa shape index (κ1) is 18.3. The second kappa shape index (κ2) is 7.86. The Labute approximate surface area is 167 Å². The van der Waals surface area contributed by atoms with E-state index in [2.05, 4.69) is 0 Å². The van der Waals surface area contributed by atoms with Crippen LogP contribution in [0.5, 0.6) is 11.5 Å². The van der Waals surface area contributed by atoms with Crippen molar-refractivity contribution in [3.63, 3.8) is 0 Å². The van der Waals surface area contributed by atoms with E-state index in [0.717, 1.165) is 21.9 Å². The summed E-state index contributed by atoms with van der Waals surface area (Å²) < 4.78 is 10.4. The molecule has 0 spiro atoms. The minimum absolute atomic E-state index is 0.130. The molecule has 0 N–H and O–H groups in total. The van der Waals surface area contributed by atoms with Crippen LogP contribution in [0.25, 0.3) is 0 Å². The Morgan fingerprint density at radius 2 is 1.64 bits per heavy atom. The predicted molar refractivity (Wildman–Crippen MR) is 110 cm³/mol. The highest BCUT2D eigenvalue weighted by atomic mass is 32.1. The fraction of sp³-hybridized carbons (Fsp3) is 0.182. The molecule has 0 bridgehead atoms. The van der Waals surface area contributed by atoms with Crippen LogP contribution in [-0.2, 0) is 0 Å². The van der Waals surface area contributed by atoms with Crippen molar-refractivity contribution in [1.82, 2.24) is 5.01 Å². The number of nitrogens with zero attached hydrogens (tertiary/aromatic N) is 2. The molecule has 1 atom stereocenters. The van der Waals surface area contributed by atoms with Crippen molar-refractivity contribution in [2.24, 2.45) is 5.10 Å². The Balaban J connectivity index is 1.68. The monoisotopic (exact) mass is 392 g/mol. The number of amides is 1. The molecule has 0 radical (unpaired) electrons. The fourth-order valence-electron chi connectivity index (χ4n) is 3.24. The number of ether oxygens (including phenoxy) is 2. The molecular formula is C22H20N2O3S. The molecule has 0 saturated heterocycles. The smallest absolute Gasteiger partial charge is 0.274 e. The van der Waals surface area contributed by atoms with Gasteiger partial charge in [-0.3, -0.25) is 4.79 Å². The highest BCUT2D eigenvalue weighted by Crippen LogP contribution is 2.35. The Hall–Kier alpha value is -3.12. The van der Waals surface area contributed by atoms with Crippen LogP contribution in [0, 0.1) is 0 Å². The third-order valence-corrected chi connectivity index (χ3v) is 5.68. The van der Waals surface area contributed by atoms with Gasteiger partial charge in [-0.2, -0.15) is 5.10 Å². The number of carbonyl (C=O) groups is 1. The van der Waals surface area contributed by atoms with E-state index in [-0.39, 0.29) is 11.9 Å². The van der Waals surface area contributed by atoms with Crippen LogP contribution in [0.4, 0.5) is 0 Å². The summed E-state index contributed by atoms with van der Waals surface area (Å²) in [6.45, 7) is 0. The molecule has 0 fully saturated rings. The third-order valence-electron chi connectivity index (χ3n) is 4.76. The second-order valence-corrected chi connectivity index (χ2v) is 7.34. The molecule has 3 aromatic rings. The lowest BCUT2D eigenvalue weighted by atomic mass is 10.0. The van der Waals surface area contributed by atoms with Crippen molar-refractivity contribution in [3.05, 3.63) is 82.0 Å². The zero-order valence-electron chi connectivity index (χ0n) is 15.7. The summed E-state index contributed by atoms with van der Waals surface area (Å²) in [5.41, 5.74) is 2.53. The quantitative estimate of drug-likeness (QED) is 0.629. The molecule has 1 amide bonds. The Kier molecular flexibility index (Phi) is 5.12. The number of hydrogen-bond donors (Lipinski definition) is 0. The summed E-state index contributed by atoms with van der Waals surface area (Å²) in [6, 6.07) is 18.8. The molecule has 1 aromatic heterocycles. The van der Waals surface area contributed by atoms with E-state index < -0.39 is 0 Å². The molecule has 6 heteroatoms. The molecule has 1 unspecified atom stereocenters. The van der Waals surface area contributed by atoms with Crippen LogP contribution in [0.3, 0.4) is 0 Å². The molecular weight excluding hydrogens is 372 g/mol. The minimum atomic E-state index is -0.155. The molecule has 1 aliphatic rings. The summed E-state index contributed by atoms with van der Waals surface area (Å²) in [5, 5.41) is 8.32. The maximum absolute atomic E-state index is 13.2. The van der Waals surface area contributed by atoms with Gasteiger partial charge in [0.2, 0.25) is 0 Å². The lowest BCUT2D eigenvalue weighted by molar-refractivity contribution is 0.0711. The van der Waals surface area contributed by atoms with Gasteiger partial charge in [0.05, 0.1) is 30.9 Å². The number of methoxy groups -OCH3 is 2. The van der Waals surface area contributed by atoms with E-state index in [1.54, 1.807) is 54.8 Å². The van der Waals surface area contributed by atoms with Gasteiger partial charge in [-0.25, -0.2) is 5.01 Å². The summed E-state index contributed by atoms with van der Waals surface area (Å²) in [7, 11) is 3.25. The SMILES string of the molecule is COc1ccc(C(=O)N2N=C(c3cccs3)CC2c2ccc(OC)cc2)cc1. The van der Waals surface area contributed by atoms with Crippen molar-refractivity contribution in [2.75, 3.05) is 14.2 Å². The van der Waals surface area contributed by atoms with Gasteiger partial charge in [0.15, 0.2) is 0 Å². The molecule has 5 nitrogen and oxygen atoms in total. The Bertz CT molecular complexity index is 980. The Morgan fingerprint density at radius 3 is 2.21 bits per heavy atom. The molecule has 2 aromatic carbocycles. The van der Waals surface area contributed by atoms with Gasteiger partial charge in [-0.15, -0.1) is 11.3 Å². The average Bonchev–Trinajstić information content (AvgIpc) is 3.43. The van der Waals surface area contributed by atoms with Crippen LogP contribution in [0.2, 0.25) is 0 Å². The van der Waals surface area contributed by atoms with Gasteiger partial charge in [-0.05, 0) is 53.4 Å². The summed E-state index contributed by atoms with van der Waals surface area (Å²) in [4.78, 5) is 14.3. The Morgan fingerprint density at radius 1 is 1.00 bits per heavy atom. The number of hydrogen-bond acceptors (Lipinski definition) is 5. The van der Waals surface area contributed by atoms with Crippen LogP contribution in [-0.4, -0.2) is 30.8 Å². The van der Waals surface area contributed by atoms with Crippen molar-refractivity contribution in [2.45, 2.75) is 12.5 Å². The molecule has 4 rings (SSSR count). The number of thiophene rings is 1. The van der Waals surface area contributed by atoms with Crippen molar-refractivity contribution in [3.8, 4) is 11.5 Å². The molecule has 0 aliphatic carbocycles. The van der Waals surface area contributed by atoms with E-state index in [4.69, 9.17) is 14.6 Å². The molecule has 142 valence electrons. The lowest BCUT2D eigenvalue weighted by Gasteiger charge is -2.22. The lowest BCUT2D eigenvalue weighted by Crippen LogP contribution is -2.27. The van der Waals surface area contributed by atoms with Crippen molar-refractivity contribution < 1.29 is 14.3 Å². The molecule has 2 heterocycles. The standard InChI is InChI=1S/C22H20N2O3S/c1-26-17-9-5-15(6-10-17)20-14-19(21-4-3-13-28-21)23-24(20)22(25)16-7-11-18(27-2)12-8-16/h3-13,20H,14H2,1-2H3. The number of carbonyl (C=O) groups excluding carboxylic acids is 1. The normalized spacial score (nSPS) is 16.0. The average molecular weight is 392 g/mol. The maximum atomic E-state index is 13.2. The summed E-state index contributed by atoms with van der Waals surface area (Å²) in [5.74, 6) is 1.37. The predicted octanol–water partition coefficient (Wildman–Crippen LogP) is 4.76. The zero-order chi connectivity index (χ0) is 19.5. The van der Waals surface area contributed by atoms with Gasteiger partial charge < -0.3 is 9.47 Å². The van der Waals surface area contributed by atoms with Crippen LogP contribution < -0.4 is 9.47 Å². The zero-order valence-corrected chi connectivity index (χ0v) is 16.5. The second-order valence-electron chi connectivity index (χ2n) is 6.40. The first-order valence-electron chi connectivity index (χ1n) is 8.92.